The highest BCUT2D eigenvalue weighted by molar-refractivity contribution is 5.74. The molecule has 0 radical (unpaired) electrons. The Morgan fingerprint density at radius 2 is 2.04 bits per heavy atom. The fourth-order valence-corrected chi connectivity index (χ4v) is 4.27. The Morgan fingerprint density at radius 1 is 1.25 bits per heavy atom. The molecule has 3 atom stereocenters. The molecule has 1 amide bonds. The molecule has 6 heteroatoms. The fourth-order valence-electron chi connectivity index (χ4n) is 4.27. The van der Waals surface area contributed by atoms with E-state index in [1.165, 1.54) is 5.56 Å². The summed E-state index contributed by atoms with van der Waals surface area (Å²) in [5.74, 6) is 2.48. The SMILES string of the molecule is CC(=O)N1C[C@H]2CN(Cc3noc(C)n3)C[C@H]2[C@@H]1c1ccccc1. The van der Waals surface area contributed by atoms with E-state index >= 15 is 0 Å². The number of hydrogen-bond donors (Lipinski definition) is 0. The van der Waals surface area contributed by atoms with Gasteiger partial charge < -0.3 is 9.42 Å². The van der Waals surface area contributed by atoms with Crippen molar-refractivity contribution in [2.45, 2.75) is 26.4 Å². The molecule has 6 nitrogen and oxygen atoms in total. The molecule has 1 aromatic heterocycles. The lowest BCUT2D eigenvalue weighted by atomic mass is 9.89. The van der Waals surface area contributed by atoms with E-state index < -0.39 is 0 Å². The molecule has 2 aromatic rings. The van der Waals surface area contributed by atoms with Crippen LogP contribution in [0.4, 0.5) is 0 Å². The van der Waals surface area contributed by atoms with Crippen LogP contribution in [0.25, 0.3) is 0 Å². The molecule has 126 valence electrons. The molecule has 0 saturated carbocycles. The zero-order chi connectivity index (χ0) is 16.7. The Morgan fingerprint density at radius 3 is 2.71 bits per heavy atom. The second kappa shape index (κ2) is 6.02. The molecule has 0 spiro atoms. The van der Waals surface area contributed by atoms with E-state index in [-0.39, 0.29) is 11.9 Å². The number of rotatable bonds is 3. The lowest BCUT2D eigenvalue weighted by Gasteiger charge is -2.29. The molecular formula is C18H22N4O2. The van der Waals surface area contributed by atoms with Gasteiger partial charge in [-0.3, -0.25) is 9.69 Å². The van der Waals surface area contributed by atoms with Crippen molar-refractivity contribution >= 4 is 5.91 Å². The maximum absolute atomic E-state index is 12.1. The van der Waals surface area contributed by atoms with Crippen molar-refractivity contribution in [2.75, 3.05) is 19.6 Å². The molecular weight excluding hydrogens is 304 g/mol. The van der Waals surface area contributed by atoms with Crippen molar-refractivity contribution < 1.29 is 9.32 Å². The molecule has 0 bridgehead atoms. The van der Waals surface area contributed by atoms with Crippen LogP contribution in [0.1, 0.15) is 30.2 Å². The number of fused-ring (bicyclic) bond motifs is 1. The first-order valence-corrected chi connectivity index (χ1v) is 8.45. The smallest absolute Gasteiger partial charge is 0.223 e. The molecule has 4 rings (SSSR count). The summed E-state index contributed by atoms with van der Waals surface area (Å²) in [4.78, 5) is 20.8. The van der Waals surface area contributed by atoms with Gasteiger partial charge in [0.05, 0.1) is 12.6 Å². The lowest BCUT2D eigenvalue weighted by molar-refractivity contribution is -0.130. The first-order valence-electron chi connectivity index (χ1n) is 8.45. The standard InChI is InChI=1S/C18H22N4O2/c1-12-19-17(20-24-12)11-21-8-15-9-22(13(2)23)18(16(15)10-21)14-6-4-3-5-7-14/h3-7,15-16,18H,8-11H2,1-2H3/t15-,16-,18+/m1/s1. The van der Waals surface area contributed by atoms with Crippen molar-refractivity contribution in [1.82, 2.24) is 19.9 Å². The Hall–Kier alpha value is -2.21. The monoisotopic (exact) mass is 326 g/mol. The van der Waals surface area contributed by atoms with Crippen LogP contribution in [0.3, 0.4) is 0 Å². The van der Waals surface area contributed by atoms with Crippen LogP contribution in [0, 0.1) is 18.8 Å². The predicted molar refractivity (Wildman–Crippen MR) is 87.9 cm³/mol. The third-order valence-electron chi connectivity index (χ3n) is 5.22. The first kappa shape index (κ1) is 15.3. The van der Waals surface area contributed by atoms with Gasteiger partial charge in [-0.1, -0.05) is 35.5 Å². The maximum Gasteiger partial charge on any atom is 0.223 e. The van der Waals surface area contributed by atoms with Gasteiger partial charge >= 0.3 is 0 Å². The van der Waals surface area contributed by atoms with Gasteiger partial charge in [-0.15, -0.1) is 0 Å². The number of benzene rings is 1. The van der Waals surface area contributed by atoms with Crippen LogP contribution >= 0.6 is 0 Å². The normalized spacial score (nSPS) is 26.8. The van der Waals surface area contributed by atoms with E-state index in [2.05, 4.69) is 39.3 Å². The predicted octanol–water partition coefficient (Wildman–Crippen LogP) is 2.03. The molecule has 0 unspecified atom stereocenters. The van der Waals surface area contributed by atoms with Crippen molar-refractivity contribution in [3.8, 4) is 0 Å². The summed E-state index contributed by atoms with van der Waals surface area (Å²) < 4.78 is 5.07. The number of aryl methyl sites for hydroxylation is 1. The van der Waals surface area contributed by atoms with Gasteiger partial charge in [0.1, 0.15) is 0 Å². The van der Waals surface area contributed by atoms with Crippen LogP contribution in [0.15, 0.2) is 34.9 Å². The van der Waals surface area contributed by atoms with Crippen LogP contribution in [-0.4, -0.2) is 45.5 Å². The highest BCUT2D eigenvalue weighted by Crippen LogP contribution is 2.45. The molecule has 1 aromatic carbocycles. The van der Waals surface area contributed by atoms with E-state index in [1.54, 1.807) is 6.92 Å². The van der Waals surface area contributed by atoms with Crippen LogP contribution in [-0.2, 0) is 11.3 Å². The molecule has 3 heterocycles. The van der Waals surface area contributed by atoms with E-state index in [0.29, 0.717) is 24.3 Å². The van der Waals surface area contributed by atoms with E-state index in [1.807, 2.05) is 17.9 Å². The van der Waals surface area contributed by atoms with Gasteiger partial charge in [-0.2, -0.15) is 4.98 Å². The second-order valence-electron chi connectivity index (χ2n) is 6.87. The minimum atomic E-state index is 0.165. The van der Waals surface area contributed by atoms with Crippen molar-refractivity contribution in [1.29, 1.82) is 0 Å². The lowest BCUT2D eigenvalue weighted by Crippen LogP contribution is -2.34. The number of likely N-dealkylation sites (tertiary alicyclic amines) is 2. The Bertz CT molecular complexity index is 730. The zero-order valence-electron chi connectivity index (χ0n) is 14.1. The zero-order valence-corrected chi connectivity index (χ0v) is 14.1. The summed E-state index contributed by atoms with van der Waals surface area (Å²) in [6.45, 7) is 6.97. The average Bonchev–Trinajstić information content (AvgIpc) is 3.22. The van der Waals surface area contributed by atoms with E-state index in [9.17, 15) is 4.79 Å². The summed E-state index contributed by atoms with van der Waals surface area (Å²) >= 11 is 0. The topological polar surface area (TPSA) is 62.5 Å². The maximum atomic E-state index is 12.1. The van der Waals surface area contributed by atoms with Gasteiger partial charge in [0.2, 0.25) is 11.8 Å². The number of carbonyl (C=O) groups is 1. The van der Waals surface area contributed by atoms with Crippen LogP contribution in [0.5, 0.6) is 0 Å². The van der Waals surface area contributed by atoms with E-state index in [4.69, 9.17) is 4.52 Å². The number of carbonyl (C=O) groups excluding carboxylic acids is 1. The summed E-state index contributed by atoms with van der Waals surface area (Å²) in [5.41, 5.74) is 1.23. The van der Waals surface area contributed by atoms with Crippen LogP contribution in [0.2, 0.25) is 0 Å². The molecule has 2 saturated heterocycles. The number of hydrogen-bond acceptors (Lipinski definition) is 5. The van der Waals surface area contributed by atoms with Gasteiger partial charge in [-0.25, -0.2) is 0 Å². The number of amides is 1. The van der Waals surface area contributed by atoms with Gasteiger partial charge in [0.25, 0.3) is 0 Å². The Labute approximate surface area is 141 Å². The molecule has 24 heavy (non-hydrogen) atoms. The fraction of sp³-hybridized carbons (Fsp3) is 0.500. The Kier molecular flexibility index (Phi) is 3.84. The van der Waals surface area contributed by atoms with E-state index in [0.717, 1.165) is 25.5 Å². The summed E-state index contributed by atoms with van der Waals surface area (Å²) in [6.07, 6.45) is 0. The highest BCUT2D eigenvalue weighted by atomic mass is 16.5. The van der Waals surface area contributed by atoms with Crippen molar-refractivity contribution in [3.05, 3.63) is 47.6 Å². The number of aromatic nitrogens is 2. The molecule has 2 aliphatic rings. The van der Waals surface area contributed by atoms with Crippen molar-refractivity contribution in [2.24, 2.45) is 11.8 Å². The number of nitrogens with zero attached hydrogens (tertiary/aromatic N) is 4. The first-order chi connectivity index (χ1) is 11.6. The average molecular weight is 326 g/mol. The minimum absolute atomic E-state index is 0.165. The molecule has 2 aliphatic heterocycles. The van der Waals surface area contributed by atoms with Gasteiger partial charge in [0, 0.05) is 39.4 Å². The molecule has 0 aliphatic carbocycles. The summed E-state index contributed by atoms with van der Waals surface area (Å²) in [6, 6.07) is 10.6. The van der Waals surface area contributed by atoms with Crippen molar-refractivity contribution in [3.63, 3.8) is 0 Å². The van der Waals surface area contributed by atoms with Gasteiger partial charge in [-0.05, 0) is 11.5 Å². The Balaban J connectivity index is 1.54. The van der Waals surface area contributed by atoms with Gasteiger partial charge in [0.15, 0.2) is 5.82 Å². The summed E-state index contributed by atoms with van der Waals surface area (Å²) in [7, 11) is 0. The molecule has 0 N–H and O–H groups in total. The minimum Gasteiger partial charge on any atom is -0.340 e. The highest BCUT2D eigenvalue weighted by Gasteiger charge is 2.48. The quantitative estimate of drug-likeness (QED) is 0.863. The third-order valence-corrected chi connectivity index (χ3v) is 5.22. The largest absolute Gasteiger partial charge is 0.340 e. The third kappa shape index (κ3) is 2.71. The summed E-state index contributed by atoms with van der Waals surface area (Å²) in [5, 5.41) is 4.00. The second-order valence-corrected chi connectivity index (χ2v) is 6.87. The molecule has 2 fully saturated rings. The van der Waals surface area contributed by atoms with Crippen LogP contribution < -0.4 is 0 Å².